The van der Waals surface area contributed by atoms with Crippen LogP contribution in [0.3, 0.4) is 0 Å². The van der Waals surface area contributed by atoms with Crippen molar-refractivity contribution in [2.24, 2.45) is 0 Å². The molecule has 0 bridgehead atoms. The summed E-state index contributed by atoms with van der Waals surface area (Å²) in [5, 5.41) is 11.6. The zero-order valence-corrected chi connectivity index (χ0v) is 30.0. The first kappa shape index (κ1) is 30.8. The SMILES string of the molecule is c1ccc(-c2nc(-c3ccccc3)nc(-c3cc(-n4c5ccc6ccccc6c5c5c6ccccc6ccc54)cc4oc5cc6ccccc6cc5c34)n2)cc1. The van der Waals surface area contributed by atoms with Gasteiger partial charge in [-0.15, -0.1) is 0 Å². The van der Waals surface area contributed by atoms with E-state index in [2.05, 4.69) is 126 Å². The van der Waals surface area contributed by atoms with E-state index in [9.17, 15) is 0 Å². The monoisotopic (exact) mass is 714 g/mol. The fourth-order valence-electron chi connectivity index (χ4n) is 8.64. The number of hydrogen-bond donors (Lipinski definition) is 0. The lowest BCUT2D eigenvalue weighted by atomic mass is 10.00. The van der Waals surface area contributed by atoms with E-state index in [0.29, 0.717) is 17.5 Å². The molecule has 0 aliphatic heterocycles. The van der Waals surface area contributed by atoms with Crippen LogP contribution in [0.25, 0.3) is 116 Å². The summed E-state index contributed by atoms with van der Waals surface area (Å²) in [6, 6.07) is 63.8. The van der Waals surface area contributed by atoms with Crippen LogP contribution in [0, 0.1) is 0 Å². The normalized spacial score (nSPS) is 11.9. The number of fused-ring (bicyclic) bond motifs is 11. The van der Waals surface area contributed by atoms with Gasteiger partial charge in [0, 0.05) is 44.3 Å². The standard InChI is InChI=1S/C51H30N4O/c1-3-15-33(16-4-1)49-52-50(34-17-5-2-6-18-34)54-51(53-49)41-29-37(30-45-46(41)40-27-35-19-7-8-20-36(35)28-44(40)56-45)55-42-25-23-31-13-9-11-21-38(31)47(42)48-39-22-12-10-14-32(39)24-26-43(48)55/h1-30H. The lowest BCUT2D eigenvalue weighted by Gasteiger charge is -2.13. The Hall–Kier alpha value is -7.63. The molecule has 0 N–H and O–H groups in total. The first-order chi connectivity index (χ1) is 27.7. The molecule has 0 amide bonds. The van der Waals surface area contributed by atoms with Crippen LogP contribution in [0.5, 0.6) is 0 Å². The molecule has 0 aliphatic rings. The lowest BCUT2D eigenvalue weighted by molar-refractivity contribution is 0.669. The molecule has 9 aromatic carbocycles. The zero-order chi connectivity index (χ0) is 36.7. The molecule has 5 nitrogen and oxygen atoms in total. The molecule has 0 saturated carbocycles. The maximum Gasteiger partial charge on any atom is 0.164 e. The molecule has 0 spiro atoms. The Morgan fingerprint density at radius 2 is 0.857 bits per heavy atom. The van der Waals surface area contributed by atoms with Crippen LogP contribution < -0.4 is 0 Å². The van der Waals surface area contributed by atoms with Crippen LogP contribution in [-0.2, 0) is 0 Å². The van der Waals surface area contributed by atoms with Gasteiger partial charge in [0.15, 0.2) is 17.5 Å². The minimum Gasteiger partial charge on any atom is -0.456 e. The van der Waals surface area contributed by atoms with Crippen LogP contribution in [0.15, 0.2) is 186 Å². The van der Waals surface area contributed by atoms with Crippen LogP contribution in [0.4, 0.5) is 0 Å². The highest BCUT2D eigenvalue weighted by atomic mass is 16.3. The minimum absolute atomic E-state index is 0.581. The Morgan fingerprint density at radius 1 is 0.357 bits per heavy atom. The molecule has 56 heavy (non-hydrogen) atoms. The molecule has 0 saturated heterocycles. The van der Waals surface area contributed by atoms with Crippen molar-refractivity contribution in [1.29, 1.82) is 0 Å². The summed E-state index contributed by atoms with van der Waals surface area (Å²) in [4.78, 5) is 15.5. The summed E-state index contributed by atoms with van der Waals surface area (Å²) in [6.07, 6.45) is 0. The van der Waals surface area contributed by atoms with Crippen molar-refractivity contribution in [3.8, 4) is 39.9 Å². The van der Waals surface area contributed by atoms with E-state index in [-0.39, 0.29) is 0 Å². The number of rotatable bonds is 4. The molecule has 3 heterocycles. The van der Waals surface area contributed by atoms with Gasteiger partial charge in [-0.2, -0.15) is 0 Å². The van der Waals surface area contributed by atoms with Crippen LogP contribution >= 0.6 is 0 Å². The topological polar surface area (TPSA) is 56.7 Å². The molecule has 12 aromatic rings. The summed E-state index contributed by atoms with van der Waals surface area (Å²) in [5.41, 5.74) is 7.50. The number of furan rings is 1. The second kappa shape index (κ2) is 11.9. The van der Waals surface area contributed by atoms with Gasteiger partial charge in [-0.3, -0.25) is 0 Å². The van der Waals surface area contributed by atoms with Gasteiger partial charge in [0.25, 0.3) is 0 Å². The van der Waals surface area contributed by atoms with Crippen molar-refractivity contribution in [3.63, 3.8) is 0 Å². The Balaban J connectivity index is 1.23. The summed E-state index contributed by atoms with van der Waals surface area (Å²) >= 11 is 0. The van der Waals surface area contributed by atoms with Crippen LogP contribution in [-0.4, -0.2) is 19.5 Å². The lowest BCUT2D eigenvalue weighted by Crippen LogP contribution is -2.01. The van der Waals surface area contributed by atoms with E-state index in [1.54, 1.807) is 0 Å². The third-order valence-electron chi connectivity index (χ3n) is 11.2. The maximum atomic E-state index is 6.87. The van der Waals surface area contributed by atoms with Gasteiger partial charge in [-0.1, -0.05) is 146 Å². The van der Waals surface area contributed by atoms with E-state index < -0.39 is 0 Å². The van der Waals surface area contributed by atoms with Gasteiger partial charge in [-0.25, -0.2) is 15.0 Å². The molecule has 12 rings (SSSR count). The third-order valence-corrected chi connectivity index (χ3v) is 11.2. The van der Waals surface area contributed by atoms with Crippen molar-refractivity contribution < 1.29 is 4.42 Å². The average Bonchev–Trinajstić information content (AvgIpc) is 3.81. The highest BCUT2D eigenvalue weighted by molar-refractivity contribution is 6.28. The van der Waals surface area contributed by atoms with Gasteiger partial charge in [0.2, 0.25) is 0 Å². The van der Waals surface area contributed by atoms with Gasteiger partial charge in [-0.05, 0) is 62.6 Å². The fraction of sp³-hybridized carbons (Fsp3) is 0. The Labute approximate surface area is 320 Å². The molecule has 0 fully saturated rings. The van der Waals surface area contributed by atoms with Crippen molar-refractivity contribution >= 4 is 76.1 Å². The number of benzene rings is 9. The molecular weight excluding hydrogens is 685 g/mol. The highest BCUT2D eigenvalue weighted by Crippen LogP contribution is 2.44. The van der Waals surface area contributed by atoms with E-state index >= 15 is 0 Å². The largest absolute Gasteiger partial charge is 0.456 e. The Kier molecular flexibility index (Phi) is 6.56. The van der Waals surface area contributed by atoms with Gasteiger partial charge >= 0.3 is 0 Å². The summed E-state index contributed by atoms with van der Waals surface area (Å²) in [7, 11) is 0. The van der Waals surface area contributed by atoms with E-state index in [1.165, 1.54) is 32.3 Å². The quantitative estimate of drug-likeness (QED) is 0.182. The maximum absolute atomic E-state index is 6.87. The smallest absolute Gasteiger partial charge is 0.164 e. The molecule has 0 atom stereocenters. The summed E-state index contributed by atoms with van der Waals surface area (Å²) < 4.78 is 9.25. The second-order valence-electron chi connectivity index (χ2n) is 14.4. The molecule has 0 radical (unpaired) electrons. The number of nitrogens with zero attached hydrogens (tertiary/aromatic N) is 4. The van der Waals surface area contributed by atoms with Crippen molar-refractivity contribution in [3.05, 3.63) is 182 Å². The zero-order valence-electron chi connectivity index (χ0n) is 30.0. The van der Waals surface area contributed by atoms with E-state index in [0.717, 1.165) is 66.1 Å². The number of hydrogen-bond acceptors (Lipinski definition) is 4. The second-order valence-corrected chi connectivity index (χ2v) is 14.4. The third kappa shape index (κ3) is 4.64. The highest BCUT2D eigenvalue weighted by Gasteiger charge is 2.23. The minimum atomic E-state index is 0.581. The van der Waals surface area contributed by atoms with Crippen LogP contribution in [0.2, 0.25) is 0 Å². The van der Waals surface area contributed by atoms with Crippen molar-refractivity contribution in [2.45, 2.75) is 0 Å². The predicted molar refractivity (Wildman–Crippen MR) is 230 cm³/mol. The first-order valence-electron chi connectivity index (χ1n) is 18.9. The summed E-state index contributed by atoms with van der Waals surface area (Å²) in [5.74, 6) is 1.80. The molecular formula is C51H30N4O. The van der Waals surface area contributed by atoms with E-state index in [4.69, 9.17) is 19.4 Å². The fourth-order valence-corrected chi connectivity index (χ4v) is 8.64. The Morgan fingerprint density at radius 3 is 1.45 bits per heavy atom. The van der Waals surface area contributed by atoms with Gasteiger partial charge < -0.3 is 8.98 Å². The summed E-state index contributed by atoms with van der Waals surface area (Å²) in [6.45, 7) is 0. The van der Waals surface area contributed by atoms with Crippen molar-refractivity contribution in [1.82, 2.24) is 19.5 Å². The van der Waals surface area contributed by atoms with Crippen molar-refractivity contribution in [2.75, 3.05) is 0 Å². The first-order valence-corrected chi connectivity index (χ1v) is 18.9. The Bertz CT molecular complexity index is 3380. The van der Waals surface area contributed by atoms with E-state index in [1.807, 2.05) is 60.7 Å². The average molecular weight is 715 g/mol. The molecule has 0 aliphatic carbocycles. The predicted octanol–water partition coefficient (Wildman–Crippen LogP) is 13.3. The van der Waals surface area contributed by atoms with Crippen LogP contribution in [0.1, 0.15) is 0 Å². The number of aromatic nitrogens is 4. The molecule has 260 valence electrons. The van der Waals surface area contributed by atoms with Gasteiger partial charge in [0.1, 0.15) is 11.2 Å². The molecule has 3 aromatic heterocycles. The molecule has 5 heteroatoms. The van der Waals surface area contributed by atoms with Gasteiger partial charge in [0.05, 0.1) is 16.7 Å². The molecule has 0 unspecified atom stereocenters.